The highest BCUT2D eigenvalue weighted by atomic mass is 79.9. The average molecular weight is 473 g/mol. The predicted molar refractivity (Wildman–Crippen MR) is 121 cm³/mol. The number of rotatable bonds is 8. The van der Waals surface area contributed by atoms with Crippen molar-refractivity contribution in [2.75, 3.05) is 12.0 Å². The topological polar surface area (TPSA) is 54.2 Å². The summed E-state index contributed by atoms with van der Waals surface area (Å²) in [6, 6.07) is 15.2. The molecule has 0 saturated heterocycles. The van der Waals surface area contributed by atoms with Crippen LogP contribution in [-0.2, 0) is 6.54 Å². The maximum Gasteiger partial charge on any atom is 0.358 e. The van der Waals surface area contributed by atoms with Gasteiger partial charge in [0, 0.05) is 15.6 Å². The zero-order chi connectivity index (χ0) is 20.8. The number of anilines is 1. The van der Waals surface area contributed by atoms with E-state index in [9.17, 15) is 4.79 Å². The number of halogens is 1. The maximum atomic E-state index is 12.4. The Kier molecular flexibility index (Phi) is 7.06. The van der Waals surface area contributed by atoms with Crippen molar-refractivity contribution < 1.29 is 14.1 Å². The second kappa shape index (κ2) is 9.71. The number of amides is 1. The first-order valence-corrected chi connectivity index (χ1v) is 10.8. The molecule has 2 aromatic carbocycles. The van der Waals surface area contributed by atoms with E-state index in [1.54, 1.807) is 23.5 Å². The molecule has 1 heterocycles. The molecule has 0 aliphatic heterocycles. The molecule has 0 aliphatic rings. The third-order valence-corrected chi connectivity index (χ3v) is 5.78. The Balaban J connectivity index is 1.84. The highest BCUT2D eigenvalue weighted by Gasteiger charge is 2.23. The smallest absolute Gasteiger partial charge is 0.358 e. The van der Waals surface area contributed by atoms with E-state index in [4.69, 9.17) is 4.74 Å². The van der Waals surface area contributed by atoms with E-state index in [1.165, 1.54) is 0 Å². The lowest BCUT2D eigenvalue weighted by Crippen LogP contribution is -2.40. The number of benzene rings is 2. The van der Waals surface area contributed by atoms with Crippen LogP contribution in [-0.4, -0.2) is 12.5 Å². The molecule has 0 fully saturated rings. The monoisotopic (exact) mass is 472 g/mol. The van der Waals surface area contributed by atoms with Crippen molar-refractivity contribution in [3.63, 3.8) is 0 Å². The van der Waals surface area contributed by atoms with Crippen LogP contribution in [0.3, 0.4) is 0 Å². The fourth-order valence-corrected chi connectivity index (χ4v) is 4.21. The number of carbonyl (C=O) groups excluding carboxylic acids is 1. The van der Waals surface area contributed by atoms with E-state index in [0.29, 0.717) is 18.7 Å². The molecule has 3 aromatic rings. The molecule has 0 bridgehead atoms. The Morgan fingerprint density at radius 1 is 1.21 bits per heavy atom. The van der Waals surface area contributed by atoms with Gasteiger partial charge in [-0.3, -0.25) is 4.79 Å². The second-order valence-corrected chi connectivity index (χ2v) is 8.37. The minimum Gasteiger partial charge on any atom is -0.494 e. The molecule has 0 unspecified atom stereocenters. The van der Waals surface area contributed by atoms with E-state index < -0.39 is 0 Å². The highest BCUT2D eigenvalue weighted by molar-refractivity contribution is 9.10. The van der Waals surface area contributed by atoms with Gasteiger partial charge in [0.05, 0.1) is 11.5 Å². The van der Waals surface area contributed by atoms with E-state index in [0.717, 1.165) is 31.5 Å². The molecule has 1 amide bonds. The first kappa shape index (κ1) is 21.1. The average Bonchev–Trinajstić information content (AvgIpc) is 3.03. The molecular formula is C22H23BrN3O2S+. The fourth-order valence-electron chi connectivity index (χ4n) is 2.95. The number of ether oxygens (including phenoxy) is 1. The summed E-state index contributed by atoms with van der Waals surface area (Å²) in [6.45, 7) is 9.16. The lowest BCUT2D eigenvalue weighted by atomic mass is 10.1. The number of allylic oxidation sites excluding steroid dienone is 1. The quantitative estimate of drug-likeness (QED) is 0.272. The third kappa shape index (κ3) is 5.05. The summed E-state index contributed by atoms with van der Waals surface area (Å²) in [5.74, 6) is 0.649. The van der Waals surface area contributed by atoms with Crippen LogP contribution < -0.4 is 20.2 Å². The highest BCUT2D eigenvalue weighted by Crippen LogP contribution is 2.29. The van der Waals surface area contributed by atoms with Gasteiger partial charge in [-0.15, -0.1) is 0 Å². The van der Waals surface area contributed by atoms with Crippen molar-refractivity contribution in [1.82, 2.24) is 5.43 Å². The number of thiazole rings is 1. The van der Waals surface area contributed by atoms with Crippen molar-refractivity contribution in [2.24, 2.45) is 0 Å². The first-order valence-electron chi connectivity index (χ1n) is 9.22. The van der Waals surface area contributed by atoms with Gasteiger partial charge in [0.25, 0.3) is 5.91 Å². The van der Waals surface area contributed by atoms with Crippen molar-refractivity contribution in [3.8, 4) is 17.0 Å². The lowest BCUT2D eigenvalue weighted by Gasteiger charge is -2.07. The van der Waals surface area contributed by atoms with E-state index in [-0.39, 0.29) is 5.91 Å². The van der Waals surface area contributed by atoms with Crippen molar-refractivity contribution >= 4 is 38.3 Å². The van der Waals surface area contributed by atoms with Crippen LogP contribution in [0.1, 0.15) is 22.2 Å². The lowest BCUT2D eigenvalue weighted by molar-refractivity contribution is -0.658. The molecule has 1 aromatic heterocycles. The molecule has 3 rings (SSSR count). The Morgan fingerprint density at radius 2 is 1.90 bits per heavy atom. The molecule has 150 valence electrons. The molecule has 0 radical (unpaired) electrons. The first-order chi connectivity index (χ1) is 14.0. The Hall–Kier alpha value is -2.64. The summed E-state index contributed by atoms with van der Waals surface area (Å²) in [5, 5.41) is 0.830. The fraction of sp³-hybridized carbons (Fsp3) is 0.182. The SMILES string of the molecule is C=CC[n+]1c(NNC(=O)c2ccc(Br)cc2)sc(C)c1-c1ccc(OCC)cc1. The van der Waals surface area contributed by atoms with Crippen LogP contribution in [0.25, 0.3) is 11.3 Å². The zero-order valence-corrected chi connectivity index (χ0v) is 18.8. The number of nitrogens with zero attached hydrogens (tertiary/aromatic N) is 1. The third-order valence-electron chi connectivity index (χ3n) is 4.24. The van der Waals surface area contributed by atoms with Crippen LogP contribution in [0, 0.1) is 6.92 Å². The van der Waals surface area contributed by atoms with Gasteiger partial charge in [-0.1, -0.05) is 28.6 Å². The Bertz CT molecular complexity index is 998. The number of hydrogen-bond acceptors (Lipinski definition) is 4. The van der Waals surface area contributed by atoms with Crippen LogP contribution in [0.15, 0.2) is 65.7 Å². The van der Waals surface area contributed by atoms with Gasteiger partial charge in [-0.2, -0.15) is 10.9 Å². The summed E-state index contributed by atoms with van der Waals surface area (Å²) < 4.78 is 8.57. The van der Waals surface area contributed by atoms with Gasteiger partial charge in [-0.25, -0.2) is 4.57 Å². The van der Waals surface area contributed by atoms with Gasteiger partial charge in [0.2, 0.25) is 0 Å². The summed E-state index contributed by atoms with van der Waals surface area (Å²) in [6.07, 6.45) is 1.84. The summed E-state index contributed by atoms with van der Waals surface area (Å²) in [4.78, 5) is 13.6. The summed E-state index contributed by atoms with van der Waals surface area (Å²) in [5.41, 5.74) is 8.60. The van der Waals surface area contributed by atoms with Crippen LogP contribution in [0.5, 0.6) is 5.75 Å². The van der Waals surface area contributed by atoms with Crippen molar-refractivity contribution in [2.45, 2.75) is 20.4 Å². The zero-order valence-electron chi connectivity index (χ0n) is 16.4. The molecule has 5 nitrogen and oxygen atoms in total. The molecule has 29 heavy (non-hydrogen) atoms. The normalized spacial score (nSPS) is 10.4. The van der Waals surface area contributed by atoms with Gasteiger partial charge < -0.3 is 4.74 Å². The standard InChI is InChI=1S/C22H22BrN3O2S/c1-4-14-26-20(16-8-12-19(13-9-16)28-5-2)15(3)29-22(26)25-24-21(27)17-6-10-18(23)11-7-17/h4,6-13H,1,5,14H2,2-3H3,(H,24,27)/p+1. The van der Waals surface area contributed by atoms with Gasteiger partial charge in [0.15, 0.2) is 0 Å². The number of hydrazine groups is 1. The molecule has 2 N–H and O–H groups in total. The van der Waals surface area contributed by atoms with Crippen LogP contribution in [0.4, 0.5) is 5.13 Å². The minimum absolute atomic E-state index is 0.198. The van der Waals surface area contributed by atoms with Gasteiger partial charge >= 0.3 is 5.13 Å². The van der Waals surface area contributed by atoms with Gasteiger partial charge in [-0.05, 0) is 73.7 Å². The number of hydrogen-bond donors (Lipinski definition) is 2. The van der Waals surface area contributed by atoms with Crippen LogP contribution in [0.2, 0.25) is 0 Å². The number of nitrogens with one attached hydrogen (secondary N) is 2. The molecular weight excluding hydrogens is 450 g/mol. The summed E-state index contributed by atoms with van der Waals surface area (Å²) >= 11 is 4.96. The maximum absolute atomic E-state index is 12.4. The summed E-state index contributed by atoms with van der Waals surface area (Å²) in [7, 11) is 0. The number of aryl methyl sites for hydroxylation is 1. The number of carbonyl (C=O) groups is 1. The van der Waals surface area contributed by atoms with Crippen molar-refractivity contribution in [1.29, 1.82) is 0 Å². The van der Waals surface area contributed by atoms with Crippen LogP contribution >= 0.6 is 27.3 Å². The minimum atomic E-state index is -0.198. The van der Waals surface area contributed by atoms with E-state index >= 15 is 0 Å². The predicted octanol–water partition coefficient (Wildman–Crippen LogP) is 5.12. The number of aromatic nitrogens is 1. The van der Waals surface area contributed by atoms with E-state index in [1.807, 2.05) is 49.4 Å². The second-order valence-electron chi connectivity index (χ2n) is 6.25. The molecule has 7 heteroatoms. The largest absolute Gasteiger partial charge is 0.494 e. The van der Waals surface area contributed by atoms with E-state index in [2.05, 4.69) is 44.9 Å². The molecule has 0 atom stereocenters. The molecule has 0 aliphatic carbocycles. The molecule has 0 saturated carbocycles. The Morgan fingerprint density at radius 3 is 2.52 bits per heavy atom. The van der Waals surface area contributed by atoms with Gasteiger partial charge in [0.1, 0.15) is 18.0 Å². The van der Waals surface area contributed by atoms with Crippen molar-refractivity contribution in [3.05, 3.63) is 76.1 Å². The Labute approximate surface area is 183 Å². The molecule has 0 spiro atoms.